The van der Waals surface area contributed by atoms with Crippen molar-refractivity contribution in [3.05, 3.63) is 53.7 Å². The van der Waals surface area contributed by atoms with E-state index in [2.05, 4.69) is 4.98 Å². The molecule has 1 heterocycles. The Balaban J connectivity index is 2.30. The maximum atomic E-state index is 10.2. The normalized spacial score (nSPS) is 12.4. The summed E-state index contributed by atoms with van der Waals surface area (Å²) in [5.41, 5.74) is 7.20. The lowest BCUT2D eigenvalue weighted by Gasteiger charge is -2.13. The molecule has 1 aromatic heterocycles. The molecule has 0 aliphatic carbocycles. The Morgan fingerprint density at radius 3 is 2.53 bits per heavy atom. The molecule has 88 valence electrons. The first kappa shape index (κ1) is 12.0. The number of aromatic nitrogens is 1. The van der Waals surface area contributed by atoms with Crippen LogP contribution in [0.1, 0.15) is 17.2 Å². The third kappa shape index (κ3) is 2.60. The van der Waals surface area contributed by atoms with Gasteiger partial charge in [-0.25, -0.2) is 4.98 Å². The number of rotatable bonds is 3. The van der Waals surface area contributed by atoms with Gasteiger partial charge in [-0.2, -0.15) is 0 Å². The number of anilines is 1. The summed E-state index contributed by atoms with van der Waals surface area (Å²) in [5, 5.41) is 10.2. The number of pyridine rings is 1. The van der Waals surface area contributed by atoms with Gasteiger partial charge in [0, 0.05) is 16.7 Å². The molecule has 0 saturated carbocycles. The number of aliphatic hydroxyl groups is 1. The minimum atomic E-state index is -0.723. The zero-order valence-electron chi connectivity index (χ0n) is 9.50. The summed E-state index contributed by atoms with van der Waals surface area (Å²) in [4.78, 5) is 5.14. The Labute approximate surface area is 105 Å². The lowest BCUT2D eigenvalue weighted by atomic mass is 10.0. The molecule has 1 aromatic carbocycles. The minimum Gasteiger partial charge on any atom is -0.384 e. The predicted molar refractivity (Wildman–Crippen MR) is 70.9 cm³/mol. The molecule has 0 amide bonds. The minimum absolute atomic E-state index is 0.369. The number of aliphatic hydroxyl groups excluding tert-OH is 1. The number of nitrogens with two attached hydrogens (primary N) is 1. The van der Waals surface area contributed by atoms with E-state index in [-0.39, 0.29) is 0 Å². The van der Waals surface area contributed by atoms with Crippen molar-refractivity contribution in [2.75, 3.05) is 12.0 Å². The van der Waals surface area contributed by atoms with Crippen LogP contribution in [0.25, 0.3) is 0 Å². The van der Waals surface area contributed by atoms with Crippen LogP contribution in [0.15, 0.2) is 47.5 Å². The number of hydrogen-bond acceptors (Lipinski definition) is 4. The van der Waals surface area contributed by atoms with Crippen LogP contribution in [0, 0.1) is 0 Å². The van der Waals surface area contributed by atoms with Crippen LogP contribution < -0.4 is 5.73 Å². The molecule has 0 fully saturated rings. The number of nitrogen functional groups attached to an aromatic ring is 1. The molecule has 4 heteroatoms. The van der Waals surface area contributed by atoms with E-state index in [0.29, 0.717) is 11.4 Å². The standard InChI is InChI=1S/C13H14N2OS/c1-17-10-6-4-9(5-7-10)12(16)11-3-2-8-15-13(11)14/h2-8,12,16H,1H3,(H2,14,15). The predicted octanol–water partition coefficient (Wildman–Crippen LogP) is 2.47. The summed E-state index contributed by atoms with van der Waals surface area (Å²) in [7, 11) is 0. The zero-order chi connectivity index (χ0) is 12.3. The fraction of sp³-hybridized carbons (Fsp3) is 0.154. The van der Waals surface area contributed by atoms with E-state index in [1.165, 1.54) is 4.90 Å². The van der Waals surface area contributed by atoms with Crippen molar-refractivity contribution in [2.24, 2.45) is 0 Å². The largest absolute Gasteiger partial charge is 0.384 e. The Bertz CT molecular complexity index is 499. The second-order valence-electron chi connectivity index (χ2n) is 3.65. The molecule has 1 unspecified atom stereocenters. The molecule has 0 bridgehead atoms. The Kier molecular flexibility index (Phi) is 3.66. The van der Waals surface area contributed by atoms with Gasteiger partial charge in [0.1, 0.15) is 11.9 Å². The van der Waals surface area contributed by atoms with Crippen molar-refractivity contribution in [1.29, 1.82) is 0 Å². The third-order valence-electron chi connectivity index (χ3n) is 2.60. The van der Waals surface area contributed by atoms with Gasteiger partial charge in [-0.15, -0.1) is 11.8 Å². The van der Waals surface area contributed by atoms with Crippen LogP contribution in [0.2, 0.25) is 0 Å². The van der Waals surface area contributed by atoms with Crippen molar-refractivity contribution in [2.45, 2.75) is 11.0 Å². The smallest absolute Gasteiger partial charge is 0.129 e. The highest BCUT2D eigenvalue weighted by molar-refractivity contribution is 7.98. The molecule has 0 spiro atoms. The molecule has 0 aliphatic rings. The highest BCUT2D eigenvalue weighted by Crippen LogP contribution is 2.26. The van der Waals surface area contributed by atoms with Gasteiger partial charge in [-0.1, -0.05) is 18.2 Å². The molecule has 2 rings (SSSR count). The molecule has 0 radical (unpaired) electrons. The first-order valence-corrected chi connectivity index (χ1v) is 6.47. The van der Waals surface area contributed by atoms with Crippen LogP contribution in [-0.2, 0) is 0 Å². The van der Waals surface area contributed by atoms with Gasteiger partial charge in [0.25, 0.3) is 0 Å². The van der Waals surface area contributed by atoms with Crippen LogP contribution in [0.4, 0.5) is 5.82 Å². The maximum absolute atomic E-state index is 10.2. The van der Waals surface area contributed by atoms with Gasteiger partial charge < -0.3 is 10.8 Å². The van der Waals surface area contributed by atoms with Crippen molar-refractivity contribution >= 4 is 17.6 Å². The fourth-order valence-electron chi connectivity index (χ4n) is 1.63. The summed E-state index contributed by atoms with van der Waals surface area (Å²) in [5.74, 6) is 0.369. The monoisotopic (exact) mass is 246 g/mol. The molecule has 0 aliphatic heterocycles. The van der Waals surface area contributed by atoms with E-state index in [1.807, 2.05) is 30.5 Å². The average Bonchev–Trinajstić information content (AvgIpc) is 2.39. The SMILES string of the molecule is CSc1ccc(C(O)c2cccnc2N)cc1. The van der Waals surface area contributed by atoms with Crippen molar-refractivity contribution in [1.82, 2.24) is 4.98 Å². The number of hydrogen-bond donors (Lipinski definition) is 2. The lowest BCUT2D eigenvalue weighted by Crippen LogP contribution is -2.04. The second-order valence-corrected chi connectivity index (χ2v) is 4.53. The van der Waals surface area contributed by atoms with E-state index in [1.54, 1.807) is 30.1 Å². The third-order valence-corrected chi connectivity index (χ3v) is 3.34. The highest BCUT2D eigenvalue weighted by Gasteiger charge is 2.13. The summed E-state index contributed by atoms with van der Waals surface area (Å²) in [6.07, 6.45) is 2.91. The second kappa shape index (κ2) is 5.21. The molecule has 17 heavy (non-hydrogen) atoms. The topological polar surface area (TPSA) is 59.1 Å². The van der Waals surface area contributed by atoms with E-state index in [4.69, 9.17) is 5.73 Å². The van der Waals surface area contributed by atoms with Gasteiger partial charge in [0.15, 0.2) is 0 Å². The maximum Gasteiger partial charge on any atom is 0.129 e. The highest BCUT2D eigenvalue weighted by atomic mass is 32.2. The van der Waals surface area contributed by atoms with Crippen LogP contribution >= 0.6 is 11.8 Å². The molecule has 3 N–H and O–H groups in total. The lowest BCUT2D eigenvalue weighted by molar-refractivity contribution is 0.220. The van der Waals surface area contributed by atoms with E-state index in [0.717, 1.165) is 5.56 Å². The Hall–Kier alpha value is -1.52. The van der Waals surface area contributed by atoms with Gasteiger partial charge in [0.05, 0.1) is 0 Å². The van der Waals surface area contributed by atoms with Gasteiger partial charge in [-0.05, 0) is 30.0 Å². The summed E-state index contributed by atoms with van der Waals surface area (Å²) in [6, 6.07) is 11.3. The van der Waals surface area contributed by atoms with Crippen molar-refractivity contribution in [3.63, 3.8) is 0 Å². The molecular formula is C13H14N2OS. The van der Waals surface area contributed by atoms with Crippen molar-refractivity contribution in [3.8, 4) is 0 Å². The molecule has 0 saturated heterocycles. The first-order valence-electron chi connectivity index (χ1n) is 5.25. The van der Waals surface area contributed by atoms with Crippen molar-refractivity contribution < 1.29 is 5.11 Å². The summed E-state index contributed by atoms with van der Waals surface area (Å²) >= 11 is 1.67. The van der Waals surface area contributed by atoms with E-state index in [9.17, 15) is 5.11 Å². The number of nitrogens with zero attached hydrogens (tertiary/aromatic N) is 1. The van der Waals surface area contributed by atoms with Crippen LogP contribution in [0.3, 0.4) is 0 Å². The zero-order valence-corrected chi connectivity index (χ0v) is 10.3. The van der Waals surface area contributed by atoms with Gasteiger partial charge >= 0.3 is 0 Å². The average molecular weight is 246 g/mol. The molecular weight excluding hydrogens is 232 g/mol. The Morgan fingerprint density at radius 1 is 1.24 bits per heavy atom. The molecule has 1 atom stereocenters. The van der Waals surface area contributed by atoms with E-state index < -0.39 is 6.10 Å². The van der Waals surface area contributed by atoms with Crippen LogP contribution in [0.5, 0.6) is 0 Å². The van der Waals surface area contributed by atoms with E-state index >= 15 is 0 Å². The number of thioether (sulfide) groups is 1. The van der Waals surface area contributed by atoms with Gasteiger partial charge in [0.2, 0.25) is 0 Å². The van der Waals surface area contributed by atoms with Gasteiger partial charge in [-0.3, -0.25) is 0 Å². The molecule has 2 aromatic rings. The summed E-state index contributed by atoms with van der Waals surface area (Å²) in [6.45, 7) is 0. The summed E-state index contributed by atoms with van der Waals surface area (Å²) < 4.78 is 0. The first-order chi connectivity index (χ1) is 8.22. The van der Waals surface area contributed by atoms with Crippen LogP contribution in [-0.4, -0.2) is 16.3 Å². The Morgan fingerprint density at radius 2 is 1.94 bits per heavy atom. The quantitative estimate of drug-likeness (QED) is 0.817. The molecule has 3 nitrogen and oxygen atoms in total. The fourth-order valence-corrected chi connectivity index (χ4v) is 2.04. The number of benzene rings is 1.